The van der Waals surface area contributed by atoms with E-state index in [0.29, 0.717) is 0 Å². The molecule has 0 aliphatic carbocycles. The molecule has 3 aromatic carbocycles. The van der Waals surface area contributed by atoms with Gasteiger partial charge in [-0.05, 0) is 0 Å². The Morgan fingerprint density at radius 2 is 0.838 bits per heavy atom. The third-order valence-electron chi connectivity index (χ3n) is 3.32. The number of nitrogens with two attached hydrogens (primary N) is 1. The van der Waals surface area contributed by atoms with Crippen LogP contribution in [0.5, 0.6) is 0 Å². The van der Waals surface area contributed by atoms with E-state index in [4.69, 9.17) is 5.73 Å². The Balaban J connectivity index is -0.0000000854. The minimum atomic E-state index is -0.435. The molecule has 0 amide bonds. The van der Waals surface area contributed by atoms with Crippen LogP contribution >= 0.6 is 0 Å². The largest absolute Gasteiger partial charge is 0.449 e. The molecule has 0 spiro atoms. The van der Waals surface area contributed by atoms with Crippen molar-refractivity contribution >= 4 is 17.1 Å². The van der Waals surface area contributed by atoms with Crippen molar-refractivity contribution in [2.75, 3.05) is 5.73 Å². The summed E-state index contributed by atoms with van der Waals surface area (Å²) in [4.78, 5) is 19.3. The predicted molar refractivity (Wildman–Crippen MR) is 142 cm³/mol. The summed E-state index contributed by atoms with van der Waals surface area (Å²) in [5.41, 5.74) is 9.29. The summed E-state index contributed by atoms with van der Waals surface area (Å²) in [5.74, 6) is 0. The van der Waals surface area contributed by atoms with Crippen LogP contribution in [0.4, 0.5) is 17.1 Å². The molecule has 197 valence electrons. The molecule has 0 aromatic heterocycles. The molecule has 0 aliphatic heterocycles. The van der Waals surface area contributed by atoms with Gasteiger partial charge < -0.3 is 5.73 Å². The fourth-order valence-electron chi connectivity index (χ4n) is 1.73. The summed E-state index contributed by atoms with van der Waals surface area (Å²) in [6, 6.07) is 23.0. The minimum Gasteiger partial charge on any atom is -0.449 e. The average Bonchev–Trinajstić information content (AvgIpc) is 2.86. The van der Waals surface area contributed by atoms with Crippen LogP contribution < -0.4 is 5.73 Å². The summed E-state index contributed by atoms with van der Waals surface area (Å²) in [6.07, 6.45) is 0. The molecule has 37 heavy (non-hydrogen) atoms. The number of nitrogens with zero attached hydrogens (tertiary/aromatic N) is 2. The van der Waals surface area contributed by atoms with Crippen LogP contribution in [0.15, 0.2) is 54.6 Å². The SMILES string of the molecule is CC.CC.CC.Cc1[c-]cc(N)cc1.Cc1[c-]cc([N+](=O)[O-])cc1.Cc1[c-]cc([N+](=O)[O-])cc1.[Y].[Y].[Y]. The number of hydrogen-bond acceptors (Lipinski definition) is 5. The fraction of sp³-hybridized carbons (Fsp3) is 0.333. The zero-order valence-electron chi connectivity index (χ0n) is 23.5. The van der Waals surface area contributed by atoms with Crippen LogP contribution in [0.1, 0.15) is 58.2 Å². The summed E-state index contributed by atoms with van der Waals surface area (Å²) >= 11 is 0. The fourth-order valence-corrected chi connectivity index (χ4v) is 1.73. The molecular formula is C27H38N3O4Y3-3. The standard InChI is InChI=1S/2C7H6NO2.C7H8N.3C2H6.3Y/c2*1-6-2-4-7(5-3-6)8(9)10;1-6-2-4-7(8)5-3-6;3*1-2;;;/h2*2,4-5H,1H3;2,4-5H,8H2,1H3;3*1-2H3;;;/q3*-1;;;;;;. The number of hydrogen-bond donors (Lipinski definition) is 1. The second-order valence-electron chi connectivity index (χ2n) is 5.78. The molecule has 3 rings (SSSR count). The van der Waals surface area contributed by atoms with Crippen LogP contribution in [-0.2, 0) is 98.1 Å². The Labute approximate surface area is 299 Å². The van der Waals surface area contributed by atoms with E-state index in [1.807, 2.05) is 74.4 Å². The smallest absolute Gasteiger partial charge is 0.163 e. The van der Waals surface area contributed by atoms with E-state index >= 15 is 0 Å². The monoisotopic (exact) mass is 735 g/mol. The first kappa shape index (κ1) is 49.5. The van der Waals surface area contributed by atoms with Gasteiger partial charge in [0.05, 0.1) is 0 Å². The van der Waals surface area contributed by atoms with Gasteiger partial charge in [0.15, 0.2) is 11.4 Å². The van der Waals surface area contributed by atoms with Gasteiger partial charge in [-0.25, -0.2) is 0 Å². The average molecular weight is 735 g/mol. The van der Waals surface area contributed by atoms with Crippen molar-refractivity contribution < 1.29 is 108 Å². The Kier molecular flexibility index (Phi) is 45.0. The third-order valence-corrected chi connectivity index (χ3v) is 3.32. The molecule has 0 saturated heterocycles. The molecule has 2 N–H and O–H groups in total. The van der Waals surface area contributed by atoms with E-state index in [2.05, 4.69) is 18.2 Å². The molecule has 3 radical (unpaired) electrons. The number of rotatable bonds is 2. The van der Waals surface area contributed by atoms with E-state index in [1.54, 1.807) is 18.2 Å². The van der Waals surface area contributed by atoms with Gasteiger partial charge in [0.1, 0.15) is 0 Å². The molecule has 0 aliphatic rings. The van der Waals surface area contributed by atoms with E-state index in [-0.39, 0.29) is 110 Å². The van der Waals surface area contributed by atoms with Gasteiger partial charge in [-0.15, -0.1) is 12.1 Å². The number of nitro benzene ring substituents is 2. The summed E-state index contributed by atoms with van der Waals surface area (Å²) in [5, 5.41) is 20.2. The summed E-state index contributed by atoms with van der Waals surface area (Å²) in [6.45, 7) is 17.7. The first-order chi connectivity index (χ1) is 16.2. The Morgan fingerprint density at radius 3 is 1.00 bits per heavy atom. The molecule has 0 saturated carbocycles. The minimum absolute atomic E-state index is 0. The maximum Gasteiger partial charge on any atom is 0.163 e. The molecule has 0 unspecified atom stereocenters. The number of nitro groups is 2. The van der Waals surface area contributed by atoms with Crippen LogP contribution in [0.25, 0.3) is 0 Å². The molecule has 0 heterocycles. The van der Waals surface area contributed by atoms with E-state index in [0.717, 1.165) is 22.4 Å². The van der Waals surface area contributed by atoms with Crippen LogP contribution in [0.2, 0.25) is 0 Å². The van der Waals surface area contributed by atoms with Gasteiger partial charge in [0, 0.05) is 108 Å². The number of aryl methyl sites for hydroxylation is 3. The maximum atomic E-state index is 10.1. The Bertz CT molecular complexity index is 831. The van der Waals surface area contributed by atoms with Crippen molar-refractivity contribution in [3.05, 3.63) is 110 Å². The normalized spacial score (nSPS) is 7.49. The van der Waals surface area contributed by atoms with E-state index < -0.39 is 9.85 Å². The van der Waals surface area contributed by atoms with Crippen LogP contribution in [-0.4, -0.2) is 9.85 Å². The molecule has 0 bridgehead atoms. The topological polar surface area (TPSA) is 112 Å². The summed E-state index contributed by atoms with van der Waals surface area (Å²) in [7, 11) is 0. The van der Waals surface area contributed by atoms with E-state index in [1.165, 1.54) is 24.3 Å². The first-order valence-electron chi connectivity index (χ1n) is 11.2. The van der Waals surface area contributed by atoms with Crippen LogP contribution in [0.3, 0.4) is 0 Å². The number of anilines is 1. The van der Waals surface area contributed by atoms with Gasteiger partial charge >= 0.3 is 0 Å². The molecular weight excluding hydrogens is 697 g/mol. The number of non-ortho nitro benzene ring substituents is 2. The molecule has 0 fully saturated rings. The number of nitrogen functional groups attached to an aromatic ring is 1. The van der Waals surface area contributed by atoms with E-state index in [9.17, 15) is 20.2 Å². The van der Waals surface area contributed by atoms with Gasteiger partial charge in [-0.2, -0.15) is 65.2 Å². The predicted octanol–water partition coefficient (Wildman–Crippen LogP) is 7.86. The summed E-state index contributed by atoms with van der Waals surface area (Å²) < 4.78 is 0. The maximum absolute atomic E-state index is 10.1. The second-order valence-corrected chi connectivity index (χ2v) is 5.78. The van der Waals surface area contributed by atoms with Crippen molar-refractivity contribution in [1.29, 1.82) is 0 Å². The third kappa shape index (κ3) is 28.4. The van der Waals surface area contributed by atoms with Gasteiger partial charge in [0.2, 0.25) is 0 Å². The zero-order chi connectivity index (χ0) is 27.1. The van der Waals surface area contributed by atoms with Crippen molar-refractivity contribution in [1.82, 2.24) is 0 Å². The van der Waals surface area contributed by atoms with Gasteiger partial charge in [-0.3, -0.25) is 20.2 Å². The Morgan fingerprint density at radius 1 is 0.568 bits per heavy atom. The van der Waals surface area contributed by atoms with Crippen molar-refractivity contribution in [3.63, 3.8) is 0 Å². The molecule has 7 nitrogen and oxygen atoms in total. The van der Waals surface area contributed by atoms with Crippen LogP contribution in [0, 0.1) is 59.2 Å². The second kappa shape index (κ2) is 33.6. The zero-order valence-corrected chi connectivity index (χ0v) is 32.0. The Hall–Kier alpha value is -0.428. The first-order valence-corrected chi connectivity index (χ1v) is 11.2. The van der Waals surface area contributed by atoms with Crippen molar-refractivity contribution in [2.45, 2.75) is 62.3 Å². The number of benzene rings is 3. The van der Waals surface area contributed by atoms with Gasteiger partial charge in [0.25, 0.3) is 0 Å². The quantitative estimate of drug-likeness (QED) is 0.125. The van der Waals surface area contributed by atoms with Gasteiger partial charge in [-0.1, -0.05) is 80.1 Å². The molecule has 3 aromatic rings. The van der Waals surface area contributed by atoms with Crippen molar-refractivity contribution in [2.24, 2.45) is 0 Å². The molecule has 0 atom stereocenters. The van der Waals surface area contributed by atoms with Crippen molar-refractivity contribution in [3.8, 4) is 0 Å². The molecule has 10 heteroatoms.